The fourth-order valence-electron chi connectivity index (χ4n) is 4.44. The molecule has 0 aromatic heterocycles. The van der Waals surface area contributed by atoms with Crippen molar-refractivity contribution in [3.05, 3.63) is 41.5 Å². The standard InChI is InChI=1S/C24H29NO4/c1-4-19(15-10-11-25-14-15)29-20-9-7-8-17-22(20)23-18(24(17)26)12-16(27-5-2)13-21(23)28-6-3/h7-9,12-13,15,19,25H,4-6,10-11,14H2,1-3H3. The van der Waals surface area contributed by atoms with Crippen molar-refractivity contribution in [2.24, 2.45) is 5.92 Å². The summed E-state index contributed by atoms with van der Waals surface area (Å²) in [6, 6.07) is 9.45. The van der Waals surface area contributed by atoms with Crippen molar-refractivity contribution in [3.63, 3.8) is 0 Å². The van der Waals surface area contributed by atoms with Gasteiger partial charge in [-0.15, -0.1) is 0 Å². The number of benzene rings is 2. The van der Waals surface area contributed by atoms with Crippen LogP contribution < -0.4 is 19.5 Å². The summed E-state index contributed by atoms with van der Waals surface area (Å²) in [5.41, 5.74) is 2.97. The Morgan fingerprint density at radius 1 is 1.03 bits per heavy atom. The number of ketones is 1. The summed E-state index contributed by atoms with van der Waals surface area (Å²) in [5.74, 6) is 2.57. The Balaban J connectivity index is 1.79. The molecule has 2 aromatic carbocycles. The summed E-state index contributed by atoms with van der Waals surface area (Å²) in [7, 11) is 0. The van der Waals surface area contributed by atoms with Gasteiger partial charge >= 0.3 is 0 Å². The van der Waals surface area contributed by atoms with Crippen LogP contribution in [0.4, 0.5) is 0 Å². The van der Waals surface area contributed by atoms with E-state index in [9.17, 15) is 4.79 Å². The van der Waals surface area contributed by atoms with Crippen LogP contribution in [0.2, 0.25) is 0 Å². The Morgan fingerprint density at radius 2 is 1.83 bits per heavy atom. The molecule has 0 spiro atoms. The van der Waals surface area contributed by atoms with Crippen molar-refractivity contribution in [1.82, 2.24) is 5.32 Å². The van der Waals surface area contributed by atoms with Gasteiger partial charge in [0.15, 0.2) is 5.78 Å². The van der Waals surface area contributed by atoms with Crippen molar-refractivity contribution in [1.29, 1.82) is 0 Å². The lowest BCUT2D eigenvalue weighted by Gasteiger charge is -2.25. The van der Waals surface area contributed by atoms with Gasteiger partial charge in [0.1, 0.15) is 23.4 Å². The van der Waals surface area contributed by atoms with Crippen molar-refractivity contribution in [3.8, 4) is 28.4 Å². The molecule has 2 aromatic rings. The van der Waals surface area contributed by atoms with Gasteiger partial charge in [-0.3, -0.25) is 4.79 Å². The SMILES string of the molecule is CCOc1cc(OCC)c2c(c1)C(=O)c1cccc(OC(CC)C3CCNC3)c1-2. The zero-order valence-corrected chi connectivity index (χ0v) is 17.4. The van der Waals surface area contributed by atoms with E-state index in [1.54, 1.807) is 0 Å². The molecule has 0 bridgehead atoms. The van der Waals surface area contributed by atoms with Crippen LogP contribution in [0.25, 0.3) is 11.1 Å². The molecule has 1 aliphatic heterocycles. The maximum atomic E-state index is 13.2. The van der Waals surface area contributed by atoms with Crippen LogP contribution in [0.1, 0.15) is 49.5 Å². The number of ether oxygens (including phenoxy) is 3. The Labute approximate surface area is 172 Å². The lowest BCUT2D eigenvalue weighted by atomic mass is 9.98. The molecule has 0 amide bonds. The van der Waals surface area contributed by atoms with E-state index >= 15 is 0 Å². The molecule has 1 aliphatic carbocycles. The maximum Gasteiger partial charge on any atom is 0.194 e. The summed E-state index contributed by atoms with van der Waals surface area (Å²) in [4.78, 5) is 13.2. The van der Waals surface area contributed by atoms with Crippen LogP contribution in [0.5, 0.6) is 17.2 Å². The Bertz CT molecular complexity index is 902. The Hall–Kier alpha value is -2.53. The Kier molecular flexibility index (Phi) is 5.76. The molecule has 29 heavy (non-hydrogen) atoms. The molecule has 2 atom stereocenters. The molecule has 1 fully saturated rings. The molecule has 1 heterocycles. The van der Waals surface area contributed by atoms with Crippen LogP contribution in [0, 0.1) is 5.92 Å². The predicted molar refractivity (Wildman–Crippen MR) is 113 cm³/mol. The molecule has 0 saturated carbocycles. The molecule has 5 heteroatoms. The lowest BCUT2D eigenvalue weighted by Crippen LogP contribution is -2.28. The molecule has 4 rings (SSSR count). The van der Waals surface area contributed by atoms with Crippen molar-refractivity contribution in [2.45, 2.75) is 39.7 Å². The van der Waals surface area contributed by atoms with Gasteiger partial charge in [-0.2, -0.15) is 0 Å². The van der Waals surface area contributed by atoms with Crippen molar-refractivity contribution >= 4 is 5.78 Å². The van der Waals surface area contributed by atoms with Gasteiger partial charge in [0, 0.05) is 40.8 Å². The number of rotatable bonds is 8. The number of fused-ring (bicyclic) bond motifs is 3. The van der Waals surface area contributed by atoms with Gasteiger partial charge < -0.3 is 19.5 Å². The number of carbonyl (C=O) groups excluding carboxylic acids is 1. The zero-order valence-electron chi connectivity index (χ0n) is 17.4. The van der Waals surface area contributed by atoms with E-state index in [1.807, 2.05) is 44.2 Å². The molecule has 154 valence electrons. The highest BCUT2D eigenvalue weighted by atomic mass is 16.5. The third-order valence-corrected chi connectivity index (χ3v) is 5.76. The second-order valence-corrected chi connectivity index (χ2v) is 7.54. The largest absolute Gasteiger partial charge is 0.494 e. The molecule has 1 N–H and O–H groups in total. The van der Waals surface area contributed by atoms with Crippen LogP contribution in [0.15, 0.2) is 30.3 Å². The van der Waals surface area contributed by atoms with Gasteiger partial charge in [-0.1, -0.05) is 19.1 Å². The van der Waals surface area contributed by atoms with E-state index in [0.29, 0.717) is 41.8 Å². The monoisotopic (exact) mass is 395 g/mol. The first-order valence-corrected chi connectivity index (χ1v) is 10.7. The van der Waals surface area contributed by atoms with E-state index < -0.39 is 0 Å². The molecule has 2 unspecified atom stereocenters. The summed E-state index contributed by atoms with van der Waals surface area (Å²) in [6.07, 6.45) is 2.16. The van der Waals surface area contributed by atoms with E-state index in [4.69, 9.17) is 14.2 Å². The van der Waals surface area contributed by atoms with Crippen LogP contribution in [-0.4, -0.2) is 38.2 Å². The smallest absolute Gasteiger partial charge is 0.194 e. The summed E-state index contributed by atoms with van der Waals surface area (Å²) >= 11 is 0. The highest BCUT2D eigenvalue weighted by Crippen LogP contribution is 2.49. The topological polar surface area (TPSA) is 56.8 Å². The summed E-state index contributed by atoms with van der Waals surface area (Å²) in [5, 5.41) is 3.42. The minimum atomic E-state index is -0.00135. The molecule has 1 saturated heterocycles. The third kappa shape index (κ3) is 3.60. The fourth-order valence-corrected chi connectivity index (χ4v) is 4.44. The van der Waals surface area contributed by atoms with Gasteiger partial charge in [-0.25, -0.2) is 0 Å². The highest BCUT2D eigenvalue weighted by Gasteiger charge is 2.35. The minimum Gasteiger partial charge on any atom is -0.494 e. The molecular formula is C24H29NO4. The summed E-state index contributed by atoms with van der Waals surface area (Å²) in [6.45, 7) is 9.09. The Morgan fingerprint density at radius 3 is 2.52 bits per heavy atom. The van der Waals surface area contributed by atoms with E-state index in [1.165, 1.54) is 0 Å². The van der Waals surface area contributed by atoms with E-state index in [2.05, 4.69) is 12.2 Å². The van der Waals surface area contributed by atoms with E-state index in [0.717, 1.165) is 42.8 Å². The van der Waals surface area contributed by atoms with Gasteiger partial charge in [0.25, 0.3) is 0 Å². The van der Waals surface area contributed by atoms with Crippen LogP contribution >= 0.6 is 0 Å². The van der Waals surface area contributed by atoms with Gasteiger partial charge in [0.2, 0.25) is 0 Å². The first-order chi connectivity index (χ1) is 14.2. The predicted octanol–water partition coefficient (Wildman–Crippen LogP) is 4.46. The minimum absolute atomic E-state index is 0.00135. The van der Waals surface area contributed by atoms with Crippen LogP contribution in [0.3, 0.4) is 0 Å². The van der Waals surface area contributed by atoms with Crippen LogP contribution in [-0.2, 0) is 0 Å². The molecular weight excluding hydrogens is 366 g/mol. The molecule has 2 aliphatic rings. The number of hydrogen-bond donors (Lipinski definition) is 1. The average Bonchev–Trinajstić information content (AvgIpc) is 3.35. The second kappa shape index (κ2) is 8.46. The van der Waals surface area contributed by atoms with Crippen molar-refractivity contribution in [2.75, 3.05) is 26.3 Å². The average molecular weight is 395 g/mol. The number of carbonyl (C=O) groups is 1. The fraction of sp³-hybridized carbons (Fsp3) is 0.458. The molecule has 5 nitrogen and oxygen atoms in total. The summed E-state index contributed by atoms with van der Waals surface area (Å²) < 4.78 is 18.1. The van der Waals surface area contributed by atoms with Crippen molar-refractivity contribution < 1.29 is 19.0 Å². The normalized spacial score (nSPS) is 18.3. The number of nitrogens with one attached hydrogen (secondary N) is 1. The second-order valence-electron chi connectivity index (χ2n) is 7.54. The highest BCUT2D eigenvalue weighted by molar-refractivity contribution is 6.23. The maximum absolute atomic E-state index is 13.2. The lowest BCUT2D eigenvalue weighted by molar-refractivity contribution is 0.104. The first kappa shape index (κ1) is 19.8. The van der Waals surface area contributed by atoms with Gasteiger partial charge in [0.05, 0.1) is 13.2 Å². The third-order valence-electron chi connectivity index (χ3n) is 5.76. The van der Waals surface area contributed by atoms with E-state index in [-0.39, 0.29) is 11.9 Å². The number of hydrogen-bond acceptors (Lipinski definition) is 5. The van der Waals surface area contributed by atoms with Gasteiger partial charge in [-0.05, 0) is 45.4 Å². The zero-order chi connectivity index (χ0) is 20.4. The quantitative estimate of drug-likeness (QED) is 0.610. The first-order valence-electron chi connectivity index (χ1n) is 10.7. The molecule has 0 radical (unpaired) electrons.